The molecule has 0 aromatic heterocycles. The van der Waals surface area contributed by atoms with E-state index in [2.05, 4.69) is 6.92 Å². The molecule has 1 rings (SSSR count). The Morgan fingerprint density at radius 1 is 1.21 bits per heavy atom. The maximum absolute atomic E-state index is 5.73. The molecule has 3 heteroatoms. The first-order valence-corrected chi connectivity index (χ1v) is 8.02. The Morgan fingerprint density at radius 2 is 1.93 bits per heavy atom. The van der Waals surface area contributed by atoms with E-state index in [9.17, 15) is 0 Å². The SMILES string of the molecule is CCCCCOS(=S)C1CCCCC1. The first kappa shape index (κ1) is 12.6. The molecule has 0 spiro atoms. The minimum atomic E-state index is -0.177. The average Bonchev–Trinajstić information content (AvgIpc) is 2.25. The summed E-state index contributed by atoms with van der Waals surface area (Å²) < 4.78 is 5.73. The summed E-state index contributed by atoms with van der Waals surface area (Å²) in [5.74, 6) is 0. The highest BCUT2D eigenvalue weighted by Gasteiger charge is 2.17. The van der Waals surface area contributed by atoms with Gasteiger partial charge >= 0.3 is 0 Å². The average molecular weight is 234 g/mol. The molecule has 1 aliphatic rings. The van der Waals surface area contributed by atoms with Gasteiger partial charge in [-0.05, 0) is 30.5 Å². The van der Waals surface area contributed by atoms with E-state index in [0.717, 1.165) is 6.61 Å². The molecule has 1 atom stereocenters. The van der Waals surface area contributed by atoms with E-state index < -0.39 is 0 Å². The fraction of sp³-hybridized carbons (Fsp3) is 1.00. The van der Waals surface area contributed by atoms with Gasteiger partial charge in [-0.25, -0.2) is 0 Å². The predicted octanol–water partition coefficient (Wildman–Crippen LogP) is 3.52. The smallest absolute Gasteiger partial charge is 0.0617 e. The first-order valence-electron chi connectivity index (χ1n) is 5.88. The molecule has 0 aliphatic heterocycles. The maximum atomic E-state index is 5.73. The Hall–Kier alpha value is 0.530. The molecule has 0 heterocycles. The third kappa shape index (κ3) is 4.85. The van der Waals surface area contributed by atoms with Gasteiger partial charge in [0.15, 0.2) is 0 Å². The van der Waals surface area contributed by atoms with Gasteiger partial charge in [-0.3, -0.25) is 0 Å². The van der Waals surface area contributed by atoms with E-state index in [1.807, 2.05) is 0 Å². The largest absolute Gasteiger partial charge is 0.312 e. The molecular weight excluding hydrogens is 212 g/mol. The summed E-state index contributed by atoms with van der Waals surface area (Å²) in [6.07, 6.45) is 10.5. The van der Waals surface area contributed by atoms with Crippen LogP contribution in [0.2, 0.25) is 0 Å². The van der Waals surface area contributed by atoms with Crippen LogP contribution < -0.4 is 0 Å². The van der Waals surface area contributed by atoms with Gasteiger partial charge in [-0.1, -0.05) is 39.0 Å². The fourth-order valence-electron chi connectivity index (χ4n) is 1.85. The van der Waals surface area contributed by atoms with Crippen LogP contribution in [0.5, 0.6) is 0 Å². The Labute approximate surface area is 95.4 Å². The van der Waals surface area contributed by atoms with Crippen molar-refractivity contribution in [3.8, 4) is 0 Å². The van der Waals surface area contributed by atoms with Gasteiger partial charge < -0.3 is 4.18 Å². The molecule has 1 saturated carbocycles. The zero-order chi connectivity index (χ0) is 10.2. The van der Waals surface area contributed by atoms with Crippen molar-refractivity contribution in [2.45, 2.75) is 63.5 Å². The minimum Gasteiger partial charge on any atom is -0.312 e. The van der Waals surface area contributed by atoms with Gasteiger partial charge in [0.05, 0.1) is 6.61 Å². The highest BCUT2D eigenvalue weighted by molar-refractivity contribution is 8.26. The lowest BCUT2D eigenvalue weighted by Gasteiger charge is -2.22. The Balaban J connectivity index is 2.07. The quantitative estimate of drug-likeness (QED) is 0.650. The summed E-state index contributed by atoms with van der Waals surface area (Å²) in [4.78, 5) is 0. The molecule has 0 amide bonds. The molecule has 0 radical (unpaired) electrons. The zero-order valence-electron chi connectivity index (χ0n) is 9.17. The first-order chi connectivity index (χ1) is 6.84. The second kappa shape index (κ2) is 7.77. The second-order valence-corrected chi connectivity index (χ2v) is 6.46. The van der Waals surface area contributed by atoms with Crippen LogP contribution in [-0.4, -0.2) is 11.9 Å². The monoisotopic (exact) mass is 234 g/mol. The summed E-state index contributed by atoms with van der Waals surface area (Å²) in [5, 5.41) is 0.695. The third-order valence-electron chi connectivity index (χ3n) is 2.77. The van der Waals surface area contributed by atoms with Crippen LogP contribution in [0.1, 0.15) is 58.3 Å². The number of hydrogen-bond acceptors (Lipinski definition) is 2. The molecule has 14 heavy (non-hydrogen) atoms. The summed E-state index contributed by atoms with van der Waals surface area (Å²) in [6.45, 7) is 3.10. The molecule has 0 aromatic carbocycles. The third-order valence-corrected chi connectivity index (χ3v) is 5.29. The van der Waals surface area contributed by atoms with E-state index in [1.165, 1.54) is 51.4 Å². The van der Waals surface area contributed by atoms with Crippen LogP contribution in [0.3, 0.4) is 0 Å². The zero-order valence-corrected chi connectivity index (χ0v) is 10.8. The molecule has 0 saturated heterocycles. The number of rotatable bonds is 6. The lowest BCUT2D eigenvalue weighted by atomic mass is 10.0. The van der Waals surface area contributed by atoms with E-state index in [1.54, 1.807) is 0 Å². The molecule has 0 aromatic rings. The Bertz CT molecular complexity index is 165. The van der Waals surface area contributed by atoms with Crippen molar-refractivity contribution in [2.75, 3.05) is 6.61 Å². The maximum Gasteiger partial charge on any atom is 0.0617 e. The van der Waals surface area contributed by atoms with Crippen LogP contribution in [0, 0.1) is 0 Å². The van der Waals surface area contributed by atoms with Crippen molar-refractivity contribution < 1.29 is 4.18 Å². The van der Waals surface area contributed by atoms with Gasteiger partial charge in [-0.2, -0.15) is 0 Å². The van der Waals surface area contributed by atoms with Crippen molar-refractivity contribution in [2.24, 2.45) is 0 Å². The van der Waals surface area contributed by atoms with E-state index in [-0.39, 0.29) is 9.74 Å². The van der Waals surface area contributed by atoms with Gasteiger partial charge in [0.2, 0.25) is 0 Å². The molecule has 1 unspecified atom stereocenters. The molecule has 0 N–H and O–H groups in total. The van der Waals surface area contributed by atoms with E-state index in [0.29, 0.717) is 5.25 Å². The fourth-order valence-corrected chi connectivity index (χ4v) is 3.82. The Kier molecular flexibility index (Phi) is 7.00. The summed E-state index contributed by atoms with van der Waals surface area (Å²) >= 11 is 5.41. The lowest BCUT2D eigenvalue weighted by Crippen LogP contribution is -2.19. The molecule has 1 nitrogen and oxygen atoms in total. The molecule has 0 bridgehead atoms. The van der Waals surface area contributed by atoms with Crippen LogP contribution in [0.4, 0.5) is 0 Å². The molecule has 1 aliphatic carbocycles. The van der Waals surface area contributed by atoms with Crippen molar-refractivity contribution >= 4 is 20.9 Å². The number of hydrogen-bond donors (Lipinski definition) is 0. The van der Waals surface area contributed by atoms with Gasteiger partial charge in [0.25, 0.3) is 0 Å². The van der Waals surface area contributed by atoms with Crippen molar-refractivity contribution in [3.05, 3.63) is 0 Å². The topological polar surface area (TPSA) is 9.23 Å². The van der Waals surface area contributed by atoms with Crippen molar-refractivity contribution in [1.29, 1.82) is 0 Å². The highest BCUT2D eigenvalue weighted by atomic mass is 32.8. The Morgan fingerprint density at radius 3 is 2.57 bits per heavy atom. The van der Waals surface area contributed by atoms with Crippen LogP contribution in [0.25, 0.3) is 0 Å². The lowest BCUT2D eigenvalue weighted by molar-refractivity contribution is 0.344. The minimum absolute atomic E-state index is 0.177. The van der Waals surface area contributed by atoms with Crippen LogP contribution in [0.15, 0.2) is 0 Å². The van der Waals surface area contributed by atoms with Crippen LogP contribution in [-0.2, 0) is 25.1 Å². The summed E-state index contributed by atoms with van der Waals surface area (Å²) in [5.41, 5.74) is 0. The predicted molar refractivity (Wildman–Crippen MR) is 67.1 cm³/mol. The summed E-state index contributed by atoms with van der Waals surface area (Å²) in [6, 6.07) is 0. The molecule has 84 valence electrons. The second-order valence-electron chi connectivity index (χ2n) is 4.05. The van der Waals surface area contributed by atoms with E-state index in [4.69, 9.17) is 15.4 Å². The van der Waals surface area contributed by atoms with Gasteiger partial charge in [0.1, 0.15) is 0 Å². The normalized spacial score (nSPS) is 20.9. The number of unbranched alkanes of at least 4 members (excludes halogenated alkanes) is 2. The van der Waals surface area contributed by atoms with Gasteiger partial charge in [-0.15, -0.1) is 0 Å². The standard InChI is InChI=1S/C11H22OS2/c1-2-3-7-10-12-14(13)11-8-5-4-6-9-11/h11H,2-10H2,1H3. The van der Waals surface area contributed by atoms with Crippen molar-refractivity contribution in [1.82, 2.24) is 0 Å². The molecule has 1 fully saturated rings. The highest BCUT2D eigenvalue weighted by Crippen LogP contribution is 2.22. The van der Waals surface area contributed by atoms with Crippen molar-refractivity contribution in [3.63, 3.8) is 0 Å². The van der Waals surface area contributed by atoms with Gasteiger partial charge in [0, 0.05) is 15.0 Å². The van der Waals surface area contributed by atoms with Crippen LogP contribution >= 0.6 is 0 Å². The molecular formula is C11H22OS2. The summed E-state index contributed by atoms with van der Waals surface area (Å²) in [7, 11) is -0.177. The van der Waals surface area contributed by atoms with E-state index >= 15 is 0 Å².